The van der Waals surface area contributed by atoms with E-state index in [4.69, 9.17) is 33.9 Å². The minimum absolute atomic E-state index is 0.0577. The SMILES string of the molecule is Cc1nc(N2CCC3(CC2)Cn2cccc2[C@H]3N)cc(=O)n1-c1cccc(Cl)c1Cl. The Hall–Kier alpha value is -2.28. The monoisotopic (exact) mass is 443 g/mol. The second-order valence-corrected chi connectivity index (χ2v) is 9.08. The topological polar surface area (TPSA) is 69.1 Å². The van der Waals surface area contributed by atoms with Crippen molar-refractivity contribution in [1.82, 2.24) is 14.1 Å². The standard InChI is InChI=1S/C22H23Cl2N5O/c1-14-26-18(12-19(30)29(14)16-5-2-4-15(23)20(16)24)27-10-7-22(8-11-27)13-28-9-3-6-17(28)21(22)25/h2-6,9,12,21H,7-8,10-11,13,25H2,1H3/t21-/m1/s1. The van der Waals surface area contributed by atoms with Gasteiger partial charge in [0.1, 0.15) is 11.6 Å². The first-order valence-corrected chi connectivity index (χ1v) is 10.9. The fourth-order valence-electron chi connectivity index (χ4n) is 4.96. The molecule has 3 aromatic rings. The number of aryl methyl sites for hydroxylation is 1. The smallest absolute Gasteiger partial charge is 0.260 e. The van der Waals surface area contributed by atoms with E-state index in [0.29, 0.717) is 27.4 Å². The van der Waals surface area contributed by atoms with Crippen LogP contribution in [0.3, 0.4) is 0 Å². The maximum Gasteiger partial charge on any atom is 0.260 e. The summed E-state index contributed by atoms with van der Waals surface area (Å²) in [6, 6.07) is 11.1. The number of hydrogen-bond donors (Lipinski definition) is 1. The quantitative estimate of drug-likeness (QED) is 0.650. The Bertz CT molecular complexity index is 1180. The molecule has 2 aliphatic rings. The van der Waals surface area contributed by atoms with Crippen LogP contribution in [0, 0.1) is 12.3 Å². The number of anilines is 1. The molecule has 0 aliphatic carbocycles. The van der Waals surface area contributed by atoms with E-state index in [1.165, 1.54) is 10.3 Å². The molecular weight excluding hydrogens is 421 g/mol. The molecule has 30 heavy (non-hydrogen) atoms. The number of benzene rings is 1. The predicted octanol–water partition coefficient (Wildman–Crippen LogP) is 3.95. The maximum atomic E-state index is 13.0. The van der Waals surface area contributed by atoms with Gasteiger partial charge in [0.25, 0.3) is 5.56 Å². The molecule has 8 heteroatoms. The van der Waals surface area contributed by atoms with Gasteiger partial charge in [0.2, 0.25) is 0 Å². The van der Waals surface area contributed by atoms with E-state index in [0.717, 1.165) is 32.5 Å². The number of fused-ring (bicyclic) bond motifs is 1. The first-order chi connectivity index (χ1) is 14.4. The van der Waals surface area contributed by atoms with Crippen molar-refractivity contribution >= 4 is 29.0 Å². The number of piperidine rings is 1. The number of nitrogens with two attached hydrogens (primary N) is 1. The van der Waals surface area contributed by atoms with Gasteiger partial charge in [-0.05, 0) is 44.0 Å². The normalized spacial score (nSPS) is 20.0. The molecule has 1 fully saturated rings. The van der Waals surface area contributed by atoms with Crippen molar-refractivity contribution in [3.8, 4) is 5.69 Å². The summed E-state index contributed by atoms with van der Waals surface area (Å²) in [5.41, 5.74) is 8.29. The third-order valence-electron chi connectivity index (χ3n) is 6.66. The molecule has 2 N–H and O–H groups in total. The molecule has 4 heterocycles. The summed E-state index contributed by atoms with van der Waals surface area (Å²) in [4.78, 5) is 19.9. The molecule has 1 aromatic carbocycles. The number of nitrogens with zero attached hydrogens (tertiary/aromatic N) is 4. The van der Waals surface area contributed by atoms with E-state index in [1.54, 1.807) is 24.3 Å². The number of hydrogen-bond acceptors (Lipinski definition) is 4. The molecule has 5 rings (SSSR count). The summed E-state index contributed by atoms with van der Waals surface area (Å²) >= 11 is 12.5. The molecule has 0 unspecified atom stereocenters. The van der Waals surface area contributed by atoms with Gasteiger partial charge in [-0.15, -0.1) is 0 Å². The van der Waals surface area contributed by atoms with Gasteiger partial charge in [-0.25, -0.2) is 4.98 Å². The van der Waals surface area contributed by atoms with Crippen LogP contribution in [0.4, 0.5) is 5.82 Å². The minimum atomic E-state index is -0.171. The summed E-state index contributed by atoms with van der Waals surface area (Å²) in [7, 11) is 0. The Kier molecular flexibility index (Phi) is 4.69. The Morgan fingerprint density at radius 3 is 2.63 bits per heavy atom. The van der Waals surface area contributed by atoms with Crippen LogP contribution in [0.5, 0.6) is 0 Å². The highest BCUT2D eigenvalue weighted by atomic mass is 35.5. The number of halogens is 2. The summed E-state index contributed by atoms with van der Waals surface area (Å²) in [5, 5.41) is 0.752. The minimum Gasteiger partial charge on any atom is -0.356 e. The second kappa shape index (κ2) is 7.15. The van der Waals surface area contributed by atoms with Gasteiger partial charge in [-0.3, -0.25) is 9.36 Å². The Labute approximate surface area is 184 Å². The summed E-state index contributed by atoms with van der Waals surface area (Å²) in [6.07, 6.45) is 4.06. The largest absolute Gasteiger partial charge is 0.356 e. The highest BCUT2D eigenvalue weighted by Gasteiger charge is 2.46. The van der Waals surface area contributed by atoms with Crippen LogP contribution < -0.4 is 16.2 Å². The second-order valence-electron chi connectivity index (χ2n) is 8.30. The highest BCUT2D eigenvalue weighted by Crippen LogP contribution is 2.48. The van der Waals surface area contributed by atoms with Gasteiger partial charge in [0.05, 0.1) is 21.8 Å². The third-order valence-corrected chi connectivity index (χ3v) is 7.47. The average molecular weight is 444 g/mol. The number of aromatic nitrogens is 3. The molecule has 2 aromatic heterocycles. The van der Waals surface area contributed by atoms with Crippen LogP contribution in [0.1, 0.15) is 30.4 Å². The molecule has 0 saturated carbocycles. The average Bonchev–Trinajstić information content (AvgIpc) is 3.27. The maximum absolute atomic E-state index is 13.0. The summed E-state index contributed by atoms with van der Waals surface area (Å²) < 4.78 is 3.78. The molecule has 6 nitrogen and oxygen atoms in total. The summed E-state index contributed by atoms with van der Waals surface area (Å²) in [6.45, 7) is 4.43. The molecule has 1 atom stereocenters. The first-order valence-electron chi connectivity index (χ1n) is 10.1. The van der Waals surface area contributed by atoms with E-state index in [-0.39, 0.29) is 17.0 Å². The summed E-state index contributed by atoms with van der Waals surface area (Å²) in [5.74, 6) is 1.28. The van der Waals surface area contributed by atoms with Gasteiger partial charge >= 0.3 is 0 Å². The Balaban J connectivity index is 1.40. The van der Waals surface area contributed by atoms with E-state index in [1.807, 2.05) is 6.92 Å². The van der Waals surface area contributed by atoms with Crippen LogP contribution >= 0.6 is 23.2 Å². The van der Waals surface area contributed by atoms with Crippen molar-refractivity contribution in [2.24, 2.45) is 11.1 Å². The zero-order valence-corrected chi connectivity index (χ0v) is 18.2. The van der Waals surface area contributed by atoms with Crippen molar-refractivity contribution in [1.29, 1.82) is 0 Å². The van der Waals surface area contributed by atoms with E-state index in [9.17, 15) is 4.79 Å². The molecule has 1 spiro atoms. The molecule has 1 saturated heterocycles. The third kappa shape index (κ3) is 2.97. The fourth-order valence-corrected chi connectivity index (χ4v) is 5.34. The zero-order chi connectivity index (χ0) is 21.0. The van der Waals surface area contributed by atoms with Gasteiger partial charge < -0.3 is 15.2 Å². The van der Waals surface area contributed by atoms with Gasteiger partial charge in [-0.2, -0.15) is 0 Å². The molecule has 0 radical (unpaired) electrons. The number of rotatable bonds is 2. The lowest BCUT2D eigenvalue weighted by Crippen LogP contribution is -2.45. The molecule has 2 aliphatic heterocycles. The van der Waals surface area contributed by atoms with Crippen molar-refractivity contribution in [3.05, 3.63) is 74.5 Å². The van der Waals surface area contributed by atoms with Gasteiger partial charge in [0.15, 0.2) is 0 Å². The molecule has 0 amide bonds. The van der Waals surface area contributed by atoms with E-state index >= 15 is 0 Å². The molecule has 0 bridgehead atoms. The first kappa shape index (κ1) is 19.7. The van der Waals surface area contributed by atoms with Crippen LogP contribution in [-0.2, 0) is 6.54 Å². The van der Waals surface area contributed by atoms with Crippen molar-refractivity contribution < 1.29 is 0 Å². The van der Waals surface area contributed by atoms with Gasteiger partial charge in [0, 0.05) is 43.0 Å². The lowest BCUT2D eigenvalue weighted by molar-refractivity contribution is 0.174. The van der Waals surface area contributed by atoms with E-state index in [2.05, 4.69) is 27.8 Å². The van der Waals surface area contributed by atoms with Crippen LogP contribution in [-0.4, -0.2) is 27.2 Å². The Morgan fingerprint density at radius 2 is 1.93 bits per heavy atom. The molecule has 156 valence electrons. The lowest BCUT2D eigenvalue weighted by Gasteiger charge is -2.42. The lowest BCUT2D eigenvalue weighted by atomic mass is 9.73. The van der Waals surface area contributed by atoms with Crippen LogP contribution in [0.25, 0.3) is 5.69 Å². The van der Waals surface area contributed by atoms with Crippen LogP contribution in [0.2, 0.25) is 10.0 Å². The highest BCUT2D eigenvalue weighted by molar-refractivity contribution is 6.43. The van der Waals surface area contributed by atoms with Crippen molar-refractivity contribution in [3.63, 3.8) is 0 Å². The zero-order valence-electron chi connectivity index (χ0n) is 16.7. The van der Waals surface area contributed by atoms with E-state index < -0.39 is 0 Å². The predicted molar refractivity (Wildman–Crippen MR) is 120 cm³/mol. The Morgan fingerprint density at radius 1 is 1.17 bits per heavy atom. The van der Waals surface area contributed by atoms with Crippen molar-refractivity contribution in [2.75, 3.05) is 18.0 Å². The van der Waals surface area contributed by atoms with Gasteiger partial charge in [-0.1, -0.05) is 29.3 Å². The van der Waals surface area contributed by atoms with Crippen molar-refractivity contribution in [2.45, 2.75) is 32.4 Å². The molecular formula is C22H23Cl2N5O. The van der Waals surface area contributed by atoms with Crippen LogP contribution in [0.15, 0.2) is 47.4 Å². The fraction of sp³-hybridized carbons (Fsp3) is 0.364.